The van der Waals surface area contributed by atoms with Crippen LogP contribution in [0.3, 0.4) is 0 Å². The number of pyridine rings is 1. The molecule has 1 saturated carbocycles. The van der Waals surface area contributed by atoms with Gasteiger partial charge in [0.15, 0.2) is 0 Å². The van der Waals surface area contributed by atoms with Gasteiger partial charge in [0.05, 0.1) is 11.3 Å². The van der Waals surface area contributed by atoms with E-state index in [1.54, 1.807) is 0 Å². The zero-order valence-corrected chi connectivity index (χ0v) is 15.1. The molecule has 2 heterocycles. The number of hydrogen-bond acceptors (Lipinski definition) is 4. The first-order chi connectivity index (χ1) is 12.6. The molecule has 1 atom stereocenters. The van der Waals surface area contributed by atoms with Crippen LogP contribution in [0.15, 0.2) is 54.9 Å². The smallest absolute Gasteiger partial charge is 0.137 e. The summed E-state index contributed by atoms with van der Waals surface area (Å²) in [5.74, 6) is 0.829. The molecular formula is C21H25N3O2. The fourth-order valence-electron chi connectivity index (χ4n) is 3.31. The van der Waals surface area contributed by atoms with Crippen molar-refractivity contribution in [3.8, 4) is 5.75 Å². The van der Waals surface area contributed by atoms with E-state index in [2.05, 4.69) is 29.4 Å². The zero-order chi connectivity index (χ0) is 18.0. The largest absolute Gasteiger partial charge is 0.487 e. The molecular weight excluding hydrogens is 326 g/mol. The standard InChI is InChI=1S/C21H25N3O2/c1-16(22-15-21(25)9-5-10-21)17-6-4-7-19(12-17)26-14-18-13-24-11-3-2-8-20(24)23-18/h2-4,6-8,11-13,16,22,25H,5,9-10,14-15H2,1H3. The molecule has 5 nitrogen and oxygen atoms in total. The van der Waals surface area contributed by atoms with Gasteiger partial charge in [0, 0.05) is 25.0 Å². The average Bonchev–Trinajstić information content (AvgIpc) is 3.06. The Morgan fingerprint density at radius 2 is 2.15 bits per heavy atom. The molecule has 2 aromatic heterocycles. The van der Waals surface area contributed by atoms with Crippen molar-refractivity contribution in [1.82, 2.24) is 14.7 Å². The Balaban J connectivity index is 1.37. The summed E-state index contributed by atoms with van der Waals surface area (Å²) in [6.45, 7) is 3.19. The SMILES string of the molecule is CC(NCC1(O)CCC1)c1cccc(OCc2cn3ccccc3n2)c1. The Bertz CT molecular complexity index is 853. The Morgan fingerprint density at radius 1 is 1.27 bits per heavy atom. The van der Waals surface area contributed by atoms with Crippen molar-refractivity contribution in [3.05, 3.63) is 66.1 Å². The Labute approximate surface area is 153 Å². The monoisotopic (exact) mass is 351 g/mol. The summed E-state index contributed by atoms with van der Waals surface area (Å²) in [6.07, 6.45) is 6.89. The van der Waals surface area contributed by atoms with Gasteiger partial charge in [-0.05, 0) is 56.0 Å². The van der Waals surface area contributed by atoms with Crippen LogP contribution in [-0.4, -0.2) is 26.6 Å². The molecule has 0 aliphatic heterocycles. The number of rotatable bonds is 7. The highest BCUT2D eigenvalue weighted by Crippen LogP contribution is 2.31. The summed E-state index contributed by atoms with van der Waals surface area (Å²) in [7, 11) is 0. The number of imidazole rings is 1. The number of benzene rings is 1. The molecule has 26 heavy (non-hydrogen) atoms. The van der Waals surface area contributed by atoms with E-state index in [1.165, 1.54) is 0 Å². The van der Waals surface area contributed by atoms with Crippen LogP contribution in [0.2, 0.25) is 0 Å². The van der Waals surface area contributed by atoms with E-state index in [4.69, 9.17) is 4.74 Å². The van der Waals surface area contributed by atoms with E-state index in [-0.39, 0.29) is 6.04 Å². The maximum absolute atomic E-state index is 10.2. The summed E-state index contributed by atoms with van der Waals surface area (Å²) in [4.78, 5) is 4.56. The first kappa shape index (κ1) is 17.1. The van der Waals surface area contributed by atoms with Crippen molar-refractivity contribution in [2.75, 3.05) is 6.54 Å². The molecule has 0 spiro atoms. The van der Waals surface area contributed by atoms with Crippen LogP contribution in [0.4, 0.5) is 0 Å². The summed E-state index contributed by atoms with van der Waals surface area (Å²) in [5.41, 5.74) is 2.47. The lowest BCUT2D eigenvalue weighted by Crippen LogP contribution is -2.46. The van der Waals surface area contributed by atoms with E-state index in [0.29, 0.717) is 13.2 Å². The van der Waals surface area contributed by atoms with Gasteiger partial charge >= 0.3 is 0 Å². The minimum Gasteiger partial charge on any atom is -0.487 e. The van der Waals surface area contributed by atoms with Crippen molar-refractivity contribution < 1.29 is 9.84 Å². The number of nitrogens with zero attached hydrogens (tertiary/aromatic N) is 2. The van der Waals surface area contributed by atoms with Crippen molar-refractivity contribution >= 4 is 5.65 Å². The molecule has 3 aromatic rings. The second kappa shape index (κ2) is 7.09. The van der Waals surface area contributed by atoms with Crippen LogP contribution in [0, 0.1) is 0 Å². The number of aromatic nitrogens is 2. The van der Waals surface area contributed by atoms with Gasteiger partial charge in [-0.15, -0.1) is 0 Å². The van der Waals surface area contributed by atoms with Gasteiger partial charge in [-0.2, -0.15) is 0 Å². The second-order valence-corrected chi connectivity index (χ2v) is 7.24. The maximum atomic E-state index is 10.2. The lowest BCUT2D eigenvalue weighted by molar-refractivity contribution is -0.0329. The van der Waals surface area contributed by atoms with Crippen LogP contribution < -0.4 is 10.1 Å². The van der Waals surface area contributed by atoms with Crippen molar-refractivity contribution in [2.24, 2.45) is 0 Å². The van der Waals surface area contributed by atoms with Gasteiger partial charge in [0.2, 0.25) is 0 Å². The van der Waals surface area contributed by atoms with E-state index in [1.807, 2.05) is 47.1 Å². The van der Waals surface area contributed by atoms with Crippen LogP contribution in [0.5, 0.6) is 5.75 Å². The lowest BCUT2D eigenvalue weighted by Gasteiger charge is -2.37. The summed E-state index contributed by atoms with van der Waals surface area (Å²) < 4.78 is 7.93. The van der Waals surface area contributed by atoms with Crippen molar-refractivity contribution in [3.63, 3.8) is 0 Å². The second-order valence-electron chi connectivity index (χ2n) is 7.24. The summed E-state index contributed by atoms with van der Waals surface area (Å²) >= 11 is 0. The van der Waals surface area contributed by atoms with Crippen LogP contribution in [-0.2, 0) is 6.61 Å². The van der Waals surface area contributed by atoms with E-state index in [0.717, 1.165) is 41.9 Å². The third-order valence-electron chi connectivity index (χ3n) is 5.18. The molecule has 1 aromatic carbocycles. The number of aliphatic hydroxyl groups is 1. The topological polar surface area (TPSA) is 58.8 Å². The molecule has 0 saturated heterocycles. The number of hydrogen-bond donors (Lipinski definition) is 2. The molecule has 1 aliphatic carbocycles. The lowest BCUT2D eigenvalue weighted by atomic mass is 9.80. The third kappa shape index (κ3) is 3.74. The van der Waals surface area contributed by atoms with E-state index < -0.39 is 5.60 Å². The molecule has 1 fully saturated rings. The number of nitrogens with one attached hydrogen (secondary N) is 1. The van der Waals surface area contributed by atoms with Gasteiger partial charge in [-0.25, -0.2) is 4.98 Å². The van der Waals surface area contributed by atoms with E-state index >= 15 is 0 Å². The summed E-state index contributed by atoms with van der Waals surface area (Å²) in [6, 6.07) is 14.2. The fourth-order valence-corrected chi connectivity index (χ4v) is 3.31. The predicted octanol–water partition coefficient (Wildman–Crippen LogP) is 3.48. The predicted molar refractivity (Wildman–Crippen MR) is 101 cm³/mol. The highest BCUT2D eigenvalue weighted by molar-refractivity contribution is 5.39. The summed E-state index contributed by atoms with van der Waals surface area (Å²) in [5, 5.41) is 13.7. The average molecular weight is 351 g/mol. The fraction of sp³-hybridized carbons (Fsp3) is 0.381. The van der Waals surface area contributed by atoms with Crippen molar-refractivity contribution in [2.45, 2.75) is 44.4 Å². The molecule has 1 unspecified atom stereocenters. The highest BCUT2D eigenvalue weighted by atomic mass is 16.5. The van der Waals surface area contributed by atoms with Gasteiger partial charge in [-0.3, -0.25) is 0 Å². The minimum absolute atomic E-state index is 0.165. The Kier molecular flexibility index (Phi) is 4.66. The first-order valence-electron chi connectivity index (χ1n) is 9.22. The third-order valence-corrected chi connectivity index (χ3v) is 5.18. The molecule has 5 heteroatoms. The Morgan fingerprint density at radius 3 is 2.92 bits per heavy atom. The number of ether oxygens (including phenoxy) is 1. The minimum atomic E-state index is -0.508. The normalized spacial score (nSPS) is 17.0. The molecule has 2 N–H and O–H groups in total. The van der Waals surface area contributed by atoms with Gasteiger partial charge in [-0.1, -0.05) is 18.2 Å². The Hall–Kier alpha value is -2.37. The van der Waals surface area contributed by atoms with Crippen LogP contribution in [0.25, 0.3) is 5.65 Å². The first-order valence-corrected chi connectivity index (χ1v) is 9.22. The van der Waals surface area contributed by atoms with Gasteiger partial charge in [0.1, 0.15) is 18.0 Å². The zero-order valence-electron chi connectivity index (χ0n) is 15.1. The molecule has 1 aliphatic rings. The van der Waals surface area contributed by atoms with Crippen LogP contribution >= 0.6 is 0 Å². The van der Waals surface area contributed by atoms with Crippen molar-refractivity contribution in [1.29, 1.82) is 0 Å². The molecule has 0 bridgehead atoms. The van der Waals surface area contributed by atoms with E-state index in [9.17, 15) is 5.11 Å². The quantitative estimate of drug-likeness (QED) is 0.684. The van der Waals surface area contributed by atoms with Crippen LogP contribution in [0.1, 0.15) is 43.5 Å². The molecule has 0 radical (unpaired) electrons. The molecule has 4 rings (SSSR count). The molecule has 136 valence electrons. The highest BCUT2D eigenvalue weighted by Gasteiger charge is 2.34. The molecule has 0 amide bonds. The van der Waals surface area contributed by atoms with Gasteiger partial charge in [0.25, 0.3) is 0 Å². The number of fused-ring (bicyclic) bond motifs is 1. The maximum Gasteiger partial charge on any atom is 0.137 e. The van der Waals surface area contributed by atoms with Gasteiger partial charge < -0.3 is 19.6 Å².